The molecule has 164 valence electrons. The summed E-state index contributed by atoms with van der Waals surface area (Å²) in [5.74, 6) is 1.11. The van der Waals surface area contributed by atoms with E-state index >= 15 is 0 Å². The zero-order chi connectivity index (χ0) is 22.6. The van der Waals surface area contributed by atoms with Crippen molar-refractivity contribution in [1.29, 1.82) is 0 Å². The summed E-state index contributed by atoms with van der Waals surface area (Å²) in [6, 6.07) is 44.4. The second kappa shape index (κ2) is 14.3. The van der Waals surface area contributed by atoms with Gasteiger partial charge in [0.15, 0.2) is 0 Å². The van der Waals surface area contributed by atoms with Gasteiger partial charge in [0.05, 0.1) is 0 Å². The molecule has 0 atom stereocenters. The van der Waals surface area contributed by atoms with Crippen LogP contribution >= 0.6 is 6.13 Å². The second-order valence-electron chi connectivity index (χ2n) is 8.22. The molecule has 0 aliphatic carbocycles. The van der Waals surface area contributed by atoms with E-state index in [9.17, 15) is 0 Å². The average molecular weight is 660 g/mol. The van der Waals surface area contributed by atoms with Gasteiger partial charge in [0, 0.05) is 0 Å². The van der Waals surface area contributed by atoms with Crippen LogP contribution in [0.3, 0.4) is 0 Å². The van der Waals surface area contributed by atoms with Crippen molar-refractivity contribution in [3.05, 3.63) is 144 Å². The van der Waals surface area contributed by atoms with Gasteiger partial charge in [0.1, 0.15) is 0 Å². The van der Waals surface area contributed by atoms with Crippen LogP contribution in [-0.4, -0.2) is 39.5 Å². The van der Waals surface area contributed by atoms with Crippen molar-refractivity contribution >= 4 is 45.6 Å². The molecule has 0 aliphatic rings. The Hall–Kier alpha value is -1.17. The Balaban J connectivity index is 1.25. The Morgan fingerprint density at radius 3 is 0.970 bits per heavy atom. The molecule has 0 heterocycles. The Kier molecular flexibility index (Phi) is 10.8. The van der Waals surface area contributed by atoms with Crippen LogP contribution in [0.15, 0.2) is 121 Å². The van der Waals surface area contributed by atoms with Crippen molar-refractivity contribution in [2.75, 3.05) is 0 Å². The first kappa shape index (κ1) is 24.9. The van der Waals surface area contributed by atoms with E-state index < -0.39 is 0 Å². The van der Waals surface area contributed by atoms with E-state index in [1.807, 2.05) is 0 Å². The molecule has 0 spiro atoms. The molecule has 0 fully saturated rings. The molecule has 3 heteroatoms. The van der Waals surface area contributed by atoms with Crippen LogP contribution in [0.5, 0.6) is 0 Å². The van der Waals surface area contributed by atoms with E-state index in [2.05, 4.69) is 127 Å². The molecule has 0 saturated heterocycles. The van der Waals surface area contributed by atoms with Gasteiger partial charge in [-0.05, 0) is 0 Å². The molecule has 0 aliphatic heterocycles. The minimum absolute atomic E-state index is 0.317. The van der Waals surface area contributed by atoms with Crippen LogP contribution in [0, 0.1) is 0 Å². The fraction of sp³-hybridized carbons (Fsp3) is 0.200. The Morgan fingerprint density at radius 2 is 0.697 bits per heavy atom. The second-order valence-corrected chi connectivity index (χ2v) is 30.3. The maximum atomic E-state index is 2.46. The van der Waals surface area contributed by atoms with E-state index in [-0.39, 0.29) is 39.5 Å². The molecular formula is C30H30SSn2. The standard InChI is InChI=1S/2C15H15.S.2Sn/c2*1-2-15(13-9-5-3-6-10-13)14-11-7-4-8-12-14;;;/h2*3-12,15H,1-2H2;;;. The zero-order valence-electron chi connectivity index (χ0n) is 18.9. The fourth-order valence-corrected chi connectivity index (χ4v) is 28.8. The summed E-state index contributed by atoms with van der Waals surface area (Å²) < 4.78 is 2.92. The van der Waals surface area contributed by atoms with Gasteiger partial charge in [-0.15, -0.1) is 0 Å². The van der Waals surface area contributed by atoms with Crippen molar-refractivity contribution in [1.82, 2.24) is 0 Å². The van der Waals surface area contributed by atoms with Gasteiger partial charge in [-0.2, -0.15) is 0 Å². The maximum absolute atomic E-state index is 2.46. The summed E-state index contributed by atoms with van der Waals surface area (Å²) in [6.45, 7) is 0. The summed E-state index contributed by atoms with van der Waals surface area (Å²) >= 11 is -0.634. The van der Waals surface area contributed by atoms with Crippen LogP contribution in [0.4, 0.5) is 0 Å². The molecule has 0 amide bonds. The molecule has 0 bridgehead atoms. The van der Waals surface area contributed by atoms with Gasteiger partial charge >= 0.3 is 223 Å². The topological polar surface area (TPSA) is 0 Å². The van der Waals surface area contributed by atoms with Gasteiger partial charge in [-0.1, -0.05) is 0 Å². The summed E-state index contributed by atoms with van der Waals surface area (Å²) in [5.41, 5.74) is 5.89. The third-order valence-electron chi connectivity index (χ3n) is 6.02. The molecule has 4 radical (unpaired) electrons. The third kappa shape index (κ3) is 7.93. The van der Waals surface area contributed by atoms with Gasteiger partial charge in [-0.25, -0.2) is 0 Å². The molecule has 0 aromatic heterocycles. The summed E-state index contributed by atoms with van der Waals surface area (Å²) in [6.07, 6.45) is 5.08. The molecule has 4 aromatic rings. The van der Waals surface area contributed by atoms with E-state index in [1.165, 1.54) is 44.0 Å². The quantitative estimate of drug-likeness (QED) is 0.109. The number of hydrogen-bond acceptors (Lipinski definition) is 1. The first-order valence-corrected chi connectivity index (χ1v) is 23.6. The number of hydrogen-bond donors (Lipinski definition) is 0. The predicted molar refractivity (Wildman–Crippen MR) is 147 cm³/mol. The van der Waals surface area contributed by atoms with Gasteiger partial charge in [0.2, 0.25) is 0 Å². The Bertz CT molecular complexity index is 874. The summed E-state index contributed by atoms with van der Waals surface area (Å²) in [5, 5.41) is 0. The van der Waals surface area contributed by atoms with E-state index in [0.717, 1.165) is 0 Å². The van der Waals surface area contributed by atoms with Crippen LogP contribution < -0.4 is 0 Å². The van der Waals surface area contributed by atoms with Crippen LogP contribution in [0.1, 0.15) is 46.9 Å². The SMILES string of the molecule is c1ccc(C(C[CH2][Sn][S][Sn][CH2]CC(c2ccccc2)c2ccccc2)c2ccccc2)cc1. The normalized spacial score (nSPS) is 11.2. The molecule has 0 nitrogen and oxygen atoms in total. The molecule has 0 saturated carbocycles. The molecular weight excluding hydrogens is 630 g/mol. The van der Waals surface area contributed by atoms with Crippen molar-refractivity contribution in [2.24, 2.45) is 0 Å². The van der Waals surface area contributed by atoms with Crippen molar-refractivity contribution in [3.8, 4) is 0 Å². The molecule has 33 heavy (non-hydrogen) atoms. The van der Waals surface area contributed by atoms with Crippen LogP contribution in [0.25, 0.3) is 0 Å². The fourth-order valence-electron chi connectivity index (χ4n) is 4.35. The zero-order valence-corrected chi connectivity index (χ0v) is 25.5. The number of rotatable bonds is 12. The molecule has 4 aromatic carbocycles. The summed E-state index contributed by atoms with van der Waals surface area (Å²) in [4.78, 5) is 0. The van der Waals surface area contributed by atoms with Gasteiger partial charge in [-0.3, -0.25) is 0 Å². The van der Waals surface area contributed by atoms with Crippen molar-refractivity contribution in [2.45, 2.75) is 33.6 Å². The van der Waals surface area contributed by atoms with Gasteiger partial charge in [0.25, 0.3) is 0 Å². The molecule has 4 rings (SSSR count). The Morgan fingerprint density at radius 1 is 0.424 bits per heavy atom. The molecule has 0 unspecified atom stereocenters. The van der Waals surface area contributed by atoms with Gasteiger partial charge < -0.3 is 0 Å². The first-order chi connectivity index (χ1) is 16.4. The van der Waals surface area contributed by atoms with Crippen LogP contribution in [-0.2, 0) is 0 Å². The number of benzene rings is 4. The van der Waals surface area contributed by atoms with Crippen LogP contribution in [0.2, 0.25) is 8.87 Å². The molecule has 0 N–H and O–H groups in total. The predicted octanol–water partition coefficient (Wildman–Crippen LogP) is 8.24. The van der Waals surface area contributed by atoms with E-state index in [0.29, 0.717) is 11.8 Å². The first-order valence-electron chi connectivity index (χ1n) is 11.7. The minimum atomic E-state index is -0.317. The van der Waals surface area contributed by atoms with Crippen molar-refractivity contribution in [3.63, 3.8) is 0 Å². The van der Waals surface area contributed by atoms with E-state index in [1.54, 1.807) is 0 Å². The third-order valence-corrected chi connectivity index (χ3v) is 30.9. The average Bonchev–Trinajstić information content (AvgIpc) is 2.90. The van der Waals surface area contributed by atoms with E-state index in [4.69, 9.17) is 0 Å². The van der Waals surface area contributed by atoms with Crippen molar-refractivity contribution < 1.29 is 0 Å². The monoisotopic (exact) mass is 662 g/mol. The Labute approximate surface area is 221 Å². The summed E-state index contributed by atoms with van der Waals surface area (Å²) in [7, 11) is 0.